The van der Waals surface area contributed by atoms with E-state index in [-0.39, 0.29) is 0 Å². The van der Waals surface area contributed by atoms with Crippen LogP contribution in [0.1, 0.15) is 19.8 Å². The van der Waals surface area contributed by atoms with Gasteiger partial charge in [-0.1, -0.05) is 0 Å². The van der Waals surface area contributed by atoms with Crippen LogP contribution in [0.3, 0.4) is 0 Å². The number of methoxy groups -OCH3 is 1. The van der Waals surface area contributed by atoms with Gasteiger partial charge in [0.05, 0.1) is 13.2 Å². The van der Waals surface area contributed by atoms with Gasteiger partial charge < -0.3 is 19.9 Å². The fourth-order valence-electron chi connectivity index (χ4n) is 1.53. The van der Waals surface area contributed by atoms with Crippen molar-refractivity contribution in [2.75, 3.05) is 33.4 Å². The summed E-state index contributed by atoms with van der Waals surface area (Å²) in [5.74, 6) is 0.693. The molecule has 1 atom stereocenters. The van der Waals surface area contributed by atoms with Crippen LogP contribution in [-0.4, -0.2) is 44.1 Å². The molecule has 0 aliphatic carbocycles. The van der Waals surface area contributed by atoms with Crippen molar-refractivity contribution in [2.24, 2.45) is 0 Å². The molecule has 0 aromatic heterocycles. The van der Waals surface area contributed by atoms with E-state index in [9.17, 15) is 5.11 Å². The maximum atomic E-state index is 10.1. The molecular formula is C11H21NO3. The monoisotopic (exact) mass is 215 g/mol. The summed E-state index contributed by atoms with van der Waals surface area (Å²) in [5, 5.41) is 13.3. The van der Waals surface area contributed by atoms with E-state index in [4.69, 9.17) is 9.47 Å². The van der Waals surface area contributed by atoms with Gasteiger partial charge in [0.1, 0.15) is 11.4 Å². The minimum atomic E-state index is -0.909. The Morgan fingerprint density at radius 2 is 2.47 bits per heavy atom. The second-order valence-corrected chi connectivity index (χ2v) is 4.00. The predicted molar refractivity (Wildman–Crippen MR) is 58.6 cm³/mol. The molecule has 0 spiro atoms. The van der Waals surface area contributed by atoms with Crippen LogP contribution in [0.5, 0.6) is 0 Å². The lowest BCUT2D eigenvalue weighted by atomic mass is 10.0. The van der Waals surface area contributed by atoms with Gasteiger partial charge in [-0.3, -0.25) is 0 Å². The van der Waals surface area contributed by atoms with Gasteiger partial charge in [-0.2, -0.15) is 0 Å². The van der Waals surface area contributed by atoms with Crippen LogP contribution >= 0.6 is 0 Å². The Bertz CT molecular complexity index is 214. The lowest BCUT2D eigenvalue weighted by Gasteiger charge is -2.29. The Morgan fingerprint density at radius 1 is 1.67 bits per heavy atom. The third-order valence-electron chi connectivity index (χ3n) is 2.42. The molecule has 0 amide bonds. The number of rotatable bonds is 6. The summed E-state index contributed by atoms with van der Waals surface area (Å²) in [5.41, 5.74) is -0.909. The zero-order valence-corrected chi connectivity index (χ0v) is 9.58. The first-order valence-corrected chi connectivity index (χ1v) is 5.42. The van der Waals surface area contributed by atoms with Gasteiger partial charge in [-0.05, 0) is 25.8 Å². The summed E-state index contributed by atoms with van der Waals surface area (Å²) in [6.07, 6.45) is 4.00. The Kier molecular flexibility index (Phi) is 5.08. The van der Waals surface area contributed by atoms with Crippen molar-refractivity contribution in [1.29, 1.82) is 0 Å². The average molecular weight is 215 g/mol. The minimum Gasteiger partial charge on any atom is -0.495 e. The second kappa shape index (κ2) is 6.10. The molecule has 0 aromatic rings. The summed E-state index contributed by atoms with van der Waals surface area (Å²) in [4.78, 5) is 0. The first kappa shape index (κ1) is 12.5. The number of hydrogen-bond acceptors (Lipinski definition) is 4. The minimum absolute atomic E-state index is 0.488. The fraction of sp³-hybridized carbons (Fsp3) is 0.818. The molecule has 4 nitrogen and oxygen atoms in total. The Hall–Kier alpha value is -0.580. The highest BCUT2D eigenvalue weighted by atomic mass is 16.5. The molecular weight excluding hydrogens is 194 g/mol. The van der Waals surface area contributed by atoms with Crippen molar-refractivity contribution in [1.82, 2.24) is 5.32 Å². The smallest absolute Gasteiger partial charge is 0.131 e. The van der Waals surface area contributed by atoms with Gasteiger partial charge in [0.25, 0.3) is 0 Å². The van der Waals surface area contributed by atoms with E-state index in [1.807, 2.05) is 6.08 Å². The maximum absolute atomic E-state index is 10.1. The quantitative estimate of drug-likeness (QED) is 0.639. The van der Waals surface area contributed by atoms with Crippen molar-refractivity contribution < 1.29 is 14.6 Å². The molecule has 1 unspecified atom stereocenters. The van der Waals surface area contributed by atoms with E-state index < -0.39 is 5.60 Å². The van der Waals surface area contributed by atoms with Crippen LogP contribution in [0.25, 0.3) is 0 Å². The topological polar surface area (TPSA) is 50.7 Å². The molecule has 0 aromatic carbocycles. The Balaban J connectivity index is 2.33. The molecule has 4 heteroatoms. The number of hydrogen-bond donors (Lipinski definition) is 2. The molecule has 0 saturated heterocycles. The van der Waals surface area contributed by atoms with E-state index in [0.29, 0.717) is 25.5 Å². The van der Waals surface area contributed by atoms with Gasteiger partial charge in [0.15, 0.2) is 0 Å². The second-order valence-electron chi connectivity index (χ2n) is 4.00. The highest BCUT2D eigenvalue weighted by Crippen LogP contribution is 2.21. The molecule has 0 bridgehead atoms. The van der Waals surface area contributed by atoms with Crippen LogP contribution in [-0.2, 0) is 9.47 Å². The SMILES string of the molecule is COCCNCC(C)(O)C1=CCCCO1. The molecule has 88 valence electrons. The van der Waals surface area contributed by atoms with Crippen LogP contribution in [0.4, 0.5) is 0 Å². The molecule has 1 rings (SSSR count). The molecule has 0 radical (unpaired) electrons. The van der Waals surface area contributed by atoms with Crippen molar-refractivity contribution in [3.63, 3.8) is 0 Å². The molecule has 0 fully saturated rings. The number of allylic oxidation sites excluding steroid dienone is 1. The van der Waals surface area contributed by atoms with E-state index in [1.165, 1.54) is 0 Å². The van der Waals surface area contributed by atoms with Crippen LogP contribution in [0.15, 0.2) is 11.8 Å². The van der Waals surface area contributed by atoms with Crippen molar-refractivity contribution in [3.8, 4) is 0 Å². The van der Waals surface area contributed by atoms with Gasteiger partial charge in [-0.15, -0.1) is 0 Å². The molecule has 2 N–H and O–H groups in total. The van der Waals surface area contributed by atoms with Crippen molar-refractivity contribution >= 4 is 0 Å². The van der Waals surface area contributed by atoms with Crippen LogP contribution in [0, 0.1) is 0 Å². The predicted octanol–water partition coefficient (Wildman–Crippen LogP) is 0.668. The highest BCUT2D eigenvalue weighted by Gasteiger charge is 2.28. The summed E-state index contributed by atoms with van der Waals surface area (Å²) in [7, 11) is 1.66. The average Bonchev–Trinajstić information content (AvgIpc) is 2.26. The number of aliphatic hydroxyl groups is 1. The van der Waals surface area contributed by atoms with E-state index in [0.717, 1.165) is 19.4 Å². The molecule has 1 heterocycles. The molecule has 0 saturated carbocycles. The Labute approximate surface area is 91.3 Å². The summed E-state index contributed by atoms with van der Waals surface area (Å²) in [6.45, 7) is 4.35. The van der Waals surface area contributed by atoms with Crippen molar-refractivity contribution in [3.05, 3.63) is 11.8 Å². The summed E-state index contributed by atoms with van der Waals surface area (Å²) >= 11 is 0. The van der Waals surface area contributed by atoms with Gasteiger partial charge >= 0.3 is 0 Å². The molecule has 1 aliphatic rings. The number of ether oxygens (including phenoxy) is 2. The van der Waals surface area contributed by atoms with Gasteiger partial charge in [0, 0.05) is 20.2 Å². The number of nitrogens with one attached hydrogen (secondary N) is 1. The lowest BCUT2D eigenvalue weighted by Crippen LogP contribution is -2.42. The summed E-state index contributed by atoms with van der Waals surface area (Å²) in [6, 6.07) is 0. The Morgan fingerprint density at radius 3 is 3.07 bits per heavy atom. The third kappa shape index (κ3) is 4.20. The maximum Gasteiger partial charge on any atom is 0.131 e. The first-order chi connectivity index (χ1) is 7.17. The largest absolute Gasteiger partial charge is 0.495 e. The molecule has 1 aliphatic heterocycles. The third-order valence-corrected chi connectivity index (χ3v) is 2.42. The lowest BCUT2D eigenvalue weighted by molar-refractivity contribution is 0.0178. The zero-order valence-electron chi connectivity index (χ0n) is 9.58. The van der Waals surface area contributed by atoms with Crippen LogP contribution in [0.2, 0.25) is 0 Å². The van der Waals surface area contributed by atoms with E-state index >= 15 is 0 Å². The fourth-order valence-corrected chi connectivity index (χ4v) is 1.53. The van der Waals surface area contributed by atoms with Crippen molar-refractivity contribution in [2.45, 2.75) is 25.4 Å². The highest BCUT2D eigenvalue weighted by molar-refractivity contribution is 5.10. The van der Waals surface area contributed by atoms with Gasteiger partial charge in [0.2, 0.25) is 0 Å². The normalized spacial score (nSPS) is 20.3. The van der Waals surface area contributed by atoms with E-state index in [2.05, 4.69) is 5.32 Å². The summed E-state index contributed by atoms with van der Waals surface area (Å²) < 4.78 is 10.4. The molecule has 15 heavy (non-hydrogen) atoms. The van der Waals surface area contributed by atoms with Gasteiger partial charge in [-0.25, -0.2) is 0 Å². The van der Waals surface area contributed by atoms with Crippen LogP contribution < -0.4 is 5.32 Å². The standard InChI is InChI=1S/C11H21NO3/c1-11(13,9-12-6-8-14-2)10-5-3-4-7-15-10/h5,12-13H,3-4,6-9H2,1-2H3. The zero-order chi connectivity index (χ0) is 11.1. The van der Waals surface area contributed by atoms with E-state index in [1.54, 1.807) is 14.0 Å². The first-order valence-electron chi connectivity index (χ1n) is 5.42.